The zero-order valence-corrected chi connectivity index (χ0v) is 21.2. The fourth-order valence-electron chi connectivity index (χ4n) is 5.39. The lowest BCUT2D eigenvalue weighted by atomic mass is 9.87. The van der Waals surface area contributed by atoms with Crippen molar-refractivity contribution < 1.29 is 32.3 Å². The first kappa shape index (κ1) is 27.8. The number of benzene rings is 2. The summed E-state index contributed by atoms with van der Waals surface area (Å²) in [6.45, 7) is 1.10. The van der Waals surface area contributed by atoms with E-state index in [4.69, 9.17) is 9.94 Å². The maximum atomic E-state index is 14.7. The molecule has 0 spiro atoms. The van der Waals surface area contributed by atoms with E-state index in [1.165, 1.54) is 6.20 Å². The summed E-state index contributed by atoms with van der Waals surface area (Å²) >= 11 is 0. The molecule has 1 fully saturated rings. The van der Waals surface area contributed by atoms with Gasteiger partial charge in [0.25, 0.3) is 0 Å². The molecule has 0 bridgehead atoms. The zero-order chi connectivity index (χ0) is 27.2. The van der Waals surface area contributed by atoms with Crippen molar-refractivity contribution in [2.45, 2.75) is 51.0 Å². The topological polar surface area (TPSA) is 74.7 Å². The Hall–Kier alpha value is -3.24. The first-order valence-corrected chi connectivity index (χ1v) is 12.7. The third-order valence-corrected chi connectivity index (χ3v) is 7.39. The van der Waals surface area contributed by atoms with Crippen molar-refractivity contribution >= 4 is 16.8 Å². The Morgan fingerprint density at radius 1 is 1.08 bits per heavy atom. The number of pyridine rings is 1. The van der Waals surface area contributed by atoms with Crippen LogP contribution in [0, 0.1) is 29.2 Å². The van der Waals surface area contributed by atoms with Crippen LogP contribution in [0.3, 0.4) is 0 Å². The molecule has 4 rings (SSSR count). The second-order valence-corrected chi connectivity index (χ2v) is 9.70. The highest BCUT2D eigenvalue weighted by Crippen LogP contribution is 2.30. The molecule has 0 saturated carbocycles. The summed E-state index contributed by atoms with van der Waals surface area (Å²) in [5.74, 6) is -3.35. The molecule has 2 N–H and O–H groups in total. The number of carbonyl (C=O) groups is 1. The number of aryl methyl sites for hydroxylation is 1. The van der Waals surface area contributed by atoms with Crippen LogP contribution in [0.25, 0.3) is 10.9 Å². The average molecular weight is 534 g/mol. The van der Waals surface area contributed by atoms with Crippen molar-refractivity contribution in [3.05, 3.63) is 70.9 Å². The van der Waals surface area contributed by atoms with Crippen LogP contribution in [0.1, 0.15) is 43.2 Å². The van der Waals surface area contributed by atoms with Gasteiger partial charge >= 0.3 is 0 Å². The highest BCUT2D eigenvalue weighted by molar-refractivity contribution is 5.83. The molecule has 1 aliphatic rings. The molecule has 6 nitrogen and oxygen atoms in total. The van der Waals surface area contributed by atoms with Gasteiger partial charge in [-0.05, 0) is 81.8 Å². The molecule has 204 valence electrons. The van der Waals surface area contributed by atoms with Crippen molar-refractivity contribution in [3.8, 4) is 5.75 Å². The lowest BCUT2D eigenvalue weighted by Gasteiger charge is -2.39. The number of hydrogen-bond donors (Lipinski definition) is 2. The lowest BCUT2D eigenvalue weighted by Crippen LogP contribution is -2.46. The van der Waals surface area contributed by atoms with E-state index in [0.29, 0.717) is 86.0 Å². The molecule has 1 aromatic heterocycles. The average Bonchev–Trinajstić information content (AvgIpc) is 2.91. The van der Waals surface area contributed by atoms with Gasteiger partial charge in [0.1, 0.15) is 29.0 Å². The molecule has 2 aromatic carbocycles. The van der Waals surface area contributed by atoms with Crippen molar-refractivity contribution in [1.82, 2.24) is 15.4 Å². The Kier molecular flexibility index (Phi) is 9.17. The summed E-state index contributed by atoms with van der Waals surface area (Å²) in [5.41, 5.74) is 2.80. The van der Waals surface area contributed by atoms with Gasteiger partial charge < -0.3 is 9.64 Å². The fourth-order valence-corrected chi connectivity index (χ4v) is 5.39. The van der Waals surface area contributed by atoms with Gasteiger partial charge in [0.15, 0.2) is 0 Å². The number of hydroxylamine groups is 1. The fraction of sp³-hybridized carbons (Fsp3) is 0.429. The smallest absolute Gasteiger partial charge is 0.246 e. The Morgan fingerprint density at radius 2 is 1.82 bits per heavy atom. The molecule has 2 atom stereocenters. The summed E-state index contributed by atoms with van der Waals surface area (Å²) in [5, 5.41) is 9.79. The highest BCUT2D eigenvalue weighted by Gasteiger charge is 2.32. The first-order chi connectivity index (χ1) is 18.3. The van der Waals surface area contributed by atoms with E-state index in [9.17, 15) is 22.4 Å². The largest absolute Gasteiger partial charge is 0.497 e. The van der Waals surface area contributed by atoms with Gasteiger partial charge in [0, 0.05) is 35.0 Å². The number of methoxy groups -OCH3 is 1. The number of carbonyl (C=O) groups excluding carboxylic acids is 1. The van der Waals surface area contributed by atoms with Crippen LogP contribution in [0.15, 0.2) is 36.5 Å². The third-order valence-electron chi connectivity index (χ3n) is 7.39. The van der Waals surface area contributed by atoms with Crippen LogP contribution < -0.4 is 10.2 Å². The van der Waals surface area contributed by atoms with Gasteiger partial charge in [-0.3, -0.25) is 15.0 Å². The maximum Gasteiger partial charge on any atom is 0.246 e. The summed E-state index contributed by atoms with van der Waals surface area (Å²) in [6.07, 6.45) is 4.53. The van der Waals surface area contributed by atoms with Crippen molar-refractivity contribution in [2.24, 2.45) is 5.92 Å². The van der Waals surface area contributed by atoms with E-state index in [1.54, 1.807) is 30.8 Å². The molecule has 0 radical (unpaired) electrons. The molecule has 1 amide bonds. The van der Waals surface area contributed by atoms with E-state index >= 15 is 0 Å². The van der Waals surface area contributed by atoms with Crippen LogP contribution in [0.2, 0.25) is 0 Å². The predicted octanol–water partition coefficient (Wildman–Crippen LogP) is 5.34. The molecule has 2 unspecified atom stereocenters. The molecular formula is C28H31F4N3O3. The molecule has 38 heavy (non-hydrogen) atoms. The van der Waals surface area contributed by atoms with Gasteiger partial charge in [-0.2, -0.15) is 0 Å². The van der Waals surface area contributed by atoms with E-state index < -0.39 is 29.2 Å². The lowest BCUT2D eigenvalue weighted by molar-refractivity contribution is -0.135. The molecule has 1 saturated heterocycles. The van der Waals surface area contributed by atoms with Crippen LogP contribution in [0.5, 0.6) is 5.75 Å². The Morgan fingerprint density at radius 3 is 2.53 bits per heavy atom. The first-order valence-electron chi connectivity index (χ1n) is 12.7. The van der Waals surface area contributed by atoms with Crippen molar-refractivity contribution in [1.29, 1.82) is 0 Å². The number of hydrogen-bond acceptors (Lipinski definition) is 5. The Labute approximate surface area is 218 Å². The van der Waals surface area contributed by atoms with Crippen LogP contribution in [-0.2, 0) is 17.6 Å². The van der Waals surface area contributed by atoms with E-state index in [0.717, 1.165) is 0 Å². The third kappa shape index (κ3) is 6.42. The summed E-state index contributed by atoms with van der Waals surface area (Å²) in [6, 6.07) is 6.63. The molecule has 3 aromatic rings. The Balaban J connectivity index is 1.43. The van der Waals surface area contributed by atoms with Gasteiger partial charge in [-0.15, -0.1) is 0 Å². The molecule has 1 aliphatic heterocycles. The van der Waals surface area contributed by atoms with E-state index in [2.05, 4.69) is 9.88 Å². The zero-order valence-electron chi connectivity index (χ0n) is 21.2. The number of halogens is 4. The molecule has 10 heteroatoms. The van der Waals surface area contributed by atoms with Gasteiger partial charge in [-0.25, -0.2) is 23.0 Å². The number of nitrogens with zero attached hydrogens (tertiary/aromatic N) is 2. The van der Waals surface area contributed by atoms with Gasteiger partial charge in [-0.1, -0.05) is 0 Å². The predicted molar refractivity (Wildman–Crippen MR) is 134 cm³/mol. The Bertz CT molecular complexity index is 1270. The van der Waals surface area contributed by atoms with Crippen LogP contribution in [0.4, 0.5) is 17.6 Å². The highest BCUT2D eigenvalue weighted by atomic mass is 19.1. The number of aromatic nitrogens is 1. The molecule has 2 heterocycles. The van der Waals surface area contributed by atoms with Crippen LogP contribution in [-0.4, -0.2) is 47.2 Å². The van der Waals surface area contributed by atoms with Gasteiger partial charge in [0.2, 0.25) is 5.91 Å². The number of ether oxygens (including phenoxy) is 1. The number of fused-ring (bicyclic) bond motifs is 1. The SMILES string of the molecule is COc1ccc2ncc(F)c(CCCC3CC(C(=O)NO)CCN3CCCc3c(F)cc(F)cc3F)c2c1. The van der Waals surface area contributed by atoms with E-state index in [1.807, 2.05) is 0 Å². The maximum absolute atomic E-state index is 14.7. The van der Waals surface area contributed by atoms with Gasteiger partial charge in [0.05, 0.1) is 18.8 Å². The number of piperidine rings is 1. The monoisotopic (exact) mass is 533 g/mol. The number of likely N-dealkylation sites (tertiary alicyclic amines) is 1. The van der Waals surface area contributed by atoms with Crippen LogP contribution >= 0.6 is 0 Å². The number of amides is 1. The minimum absolute atomic E-state index is 0.0420. The van der Waals surface area contributed by atoms with E-state index in [-0.39, 0.29) is 23.9 Å². The summed E-state index contributed by atoms with van der Waals surface area (Å²) in [4.78, 5) is 18.4. The normalized spacial score (nSPS) is 18.1. The summed E-state index contributed by atoms with van der Waals surface area (Å²) in [7, 11) is 1.54. The molecular weight excluding hydrogens is 502 g/mol. The second-order valence-electron chi connectivity index (χ2n) is 9.70. The second kappa shape index (κ2) is 12.5. The minimum atomic E-state index is -0.954. The van der Waals surface area contributed by atoms with Crippen molar-refractivity contribution in [3.63, 3.8) is 0 Å². The minimum Gasteiger partial charge on any atom is -0.497 e. The molecule has 0 aliphatic carbocycles. The number of nitrogens with one attached hydrogen (secondary N) is 1. The quantitative estimate of drug-likeness (QED) is 0.209. The van der Waals surface area contributed by atoms with Crippen molar-refractivity contribution in [2.75, 3.05) is 20.2 Å². The summed E-state index contributed by atoms with van der Waals surface area (Å²) < 4.78 is 61.4. The standard InChI is InChI=1S/C28H31F4N3O3/c1-38-20-7-8-27-23(15-20)21(26(32)16-33-27)5-2-4-19-12-17(28(36)34-37)9-11-35(19)10-3-6-22-24(30)13-18(29)14-25(22)31/h7-8,13-17,19,37H,2-6,9-12H2,1H3,(H,34,36). The number of rotatable bonds is 10.